The molecule has 0 spiro atoms. The van der Waals surface area contributed by atoms with Gasteiger partial charge in [-0.25, -0.2) is 13.4 Å². The number of aromatic nitrogens is 4. The third-order valence-electron chi connectivity index (χ3n) is 6.28. The van der Waals surface area contributed by atoms with E-state index < -0.39 is 15.1 Å². The number of hydrogen-bond acceptors (Lipinski definition) is 11. The summed E-state index contributed by atoms with van der Waals surface area (Å²) in [5, 5.41) is 15.3. The summed E-state index contributed by atoms with van der Waals surface area (Å²) in [6.45, 7) is 0.746. The Bertz CT molecular complexity index is 1520. The van der Waals surface area contributed by atoms with Gasteiger partial charge in [-0.2, -0.15) is 4.98 Å². The lowest BCUT2D eigenvalue weighted by Gasteiger charge is -2.31. The van der Waals surface area contributed by atoms with Crippen molar-refractivity contribution in [3.05, 3.63) is 47.7 Å². The van der Waals surface area contributed by atoms with Crippen molar-refractivity contribution in [2.24, 2.45) is 0 Å². The molecule has 2 aromatic carbocycles. The average Bonchev–Trinajstić information content (AvgIpc) is 3.30. The molecule has 2 N–H and O–H groups in total. The number of rotatable bonds is 6. The van der Waals surface area contributed by atoms with Gasteiger partial charge in [-0.1, -0.05) is 30.3 Å². The van der Waals surface area contributed by atoms with Crippen molar-refractivity contribution in [3.63, 3.8) is 0 Å². The highest BCUT2D eigenvalue weighted by Gasteiger charge is 2.41. The summed E-state index contributed by atoms with van der Waals surface area (Å²) in [6, 6.07) is 11.9. The first-order valence-electron chi connectivity index (χ1n) is 11.2. The Labute approximate surface area is 206 Å². The molecule has 1 fully saturated rings. The molecule has 1 saturated heterocycles. The maximum absolute atomic E-state index is 13.4. The van der Waals surface area contributed by atoms with Gasteiger partial charge in [-0.15, -0.1) is 0 Å². The molecule has 1 aliphatic rings. The number of sulfone groups is 1. The number of fused-ring (bicyclic) bond motifs is 1. The molecule has 188 valence electrons. The summed E-state index contributed by atoms with van der Waals surface area (Å²) in [5.41, 5.74) is 7.08. The Kier molecular flexibility index (Phi) is 6.00. The van der Waals surface area contributed by atoms with Crippen molar-refractivity contribution >= 4 is 32.5 Å². The van der Waals surface area contributed by atoms with Crippen molar-refractivity contribution in [2.75, 3.05) is 37.9 Å². The summed E-state index contributed by atoms with van der Waals surface area (Å²) in [5.74, 6) is 1.70. The van der Waals surface area contributed by atoms with E-state index in [1.807, 2.05) is 4.90 Å². The van der Waals surface area contributed by atoms with Gasteiger partial charge in [0.1, 0.15) is 5.82 Å². The van der Waals surface area contributed by atoms with Crippen LogP contribution in [0.3, 0.4) is 0 Å². The van der Waals surface area contributed by atoms with Crippen LogP contribution >= 0.6 is 0 Å². The minimum atomic E-state index is -3.93. The van der Waals surface area contributed by atoms with Gasteiger partial charge in [-0.3, -0.25) is 4.63 Å². The lowest BCUT2D eigenvalue weighted by atomic mass is 10.1. The van der Waals surface area contributed by atoms with Gasteiger partial charge in [0.25, 0.3) is 0 Å². The SMILES string of the molecule is COc1cc2nc(N3CCC(S(=O)(=O)c4no[n+]([O-])c4-c4ccccc4)CC3)nc(N)c2cc1OC. The highest BCUT2D eigenvalue weighted by molar-refractivity contribution is 7.92. The standard InChI is InChI=1S/C23H24N6O6S/c1-33-18-12-16-17(13-19(18)34-2)25-23(26-21(16)24)28-10-8-15(9-11-28)36(31,32)22-20(29(30)35-27-22)14-6-4-3-5-7-14/h3-7,12-13,15H,8-11H2,1-2H3,(H2,24,25,26). The fourth-order valence-electron chi connectivity index (χ4n) is 4.38. The second-order valence-electron chi connectivity index (χ2n) is 8.31. The van der Waals surface area contributed by atoms with Gasteiger partial charge in [0, 0.05) is 30.1 Å². The van der Waals surface area contributed by atoms with Gasteiger partial charge in [0.05, 0.1) is 30.1 Å². The number of anilines is 2. The Hall–Kier alpha value is -4.13. The van der Waals surface area contributed by atoms with E-state index in [0.717, 1.165) is 0 Å². The van der Waals surface area contributed by atoms with Crippen LogP contribution in [0.5, 0.6) is 11.5 Å². The summed E-state index contributed by atoms with van der Waals surface area (Å²) < 4.78 is 42.2. The fourth-order valence-corrected chi connectivity index (χ4v) is 6.13. The molecule has 3 heterocycles. The molecule has 4 aromatic rings. The Morgan fingerprint density at radius 1 is 1.08 bits per heavy atom. The van der Waals surface area contributed by atoms with Crippen molar-refractivity contribution in [1.29, 1.82) is 0 Å². The third kappa shape index (κ3) is 4.00. The molecule has 0 amide bonds. The highest BCUT2D eigenvalue weighted by atomic mass is 32.2. The Balaban J connectivity index is 1.39. The van der Waals surface area contributed by atoms with Crippen molar-refractivity contribution < 1.29 is 27.4 Å². The van der Waals surface area contributed by atoms with Crippen LogP contribution in [0.2, 0.25) is 0 Å². The lowest BCUT2D eigenvalue weighted by Crippen LogP contribution is -2.40. The zero-order valence-electron chi connectivity index (χ0n) is 19.6. The number of benzene rings is 2. The quantitative estimate of drug-likeness (QED) is 0.376. The van der Waals surface area contributed by atoms with Crippen LogP contribution in [0.15, 0.2) is 52.1 Å². The topological polar surface area (TPSA) is 161 Å². The summed E-state index contributed by atoms with van der Waals surface area (Å²) in [7, 11) is -0.866. The average molecular weight is 513 g/mol. The van der Waals surface area contributed by atoms with Crippen molar-refractivity contribution in [1.82, 2.24) is 15.1 Å². The normalized spacial score (nSPS) is 14.8. The molecule has 2 aromatic heterocycles. The largest absolute Gasteiger partial charge is 0.493 e. The number of nitrogens with two attached hydrogens (primary N) is 1. The molecule has 36 heavy (non-hydrogen) atoms. The van der Waals surface area contributed by atoms with Gasteiger partial charge in [-0.05, 0) is 23.8 Å². The maximum Gasteiger partial charge on any atom is 0.339 e. The lowest BCUT2D eigenvalue weighted by molar-refractivity contribution is -0.793. The molecule has 0 atom stereocenters. The number of hydrogen-bond donors (Lipinski definition) is 1. The number of methoxy groups -OCH3 is 2. The minimum Gasteiger partial charge on any atom is -0.493 e. The number of piperidine rings is 1. The molecule has 0 aliphatic carbocycles. The predicted molar refractivity (Wildman–Crippen MR) is 130 cm³/mol. The van der Waals surface area contributed by atoms with E-state index in [1.165, 1.54) is 14.2 Å². The molecule has 12 nitrogen and oxygen atoms in total. The van der Waals surface area contributed by atoms with E-state index in [1.54, 1.807) is 42.5 Å². The van der Waals surface area contributed by atoms with E-state index in [-0.39, 0.29) is 34.3 Å². The predicted octanol–water partition coefficient (Wildman–Crippen LogP) is 1.96. The smallest absolute Gasteiger partial charge is 0.339 e. The molecule has 13 heteroatoms. The first kappa shape index (κ1) is 23.6. The Morgan fingerprint density at radius 2 is 1.75 bits per heavy atom. The number of nitrogen functional groups attached to an aromatic ring is 1. The second kappa shape index (κ2) is 9.15. The molecule has 5 rings (SSSR count). The molecule has 0 unspecified atom stereocenters. The molecule has 0 bridgehead atoms. The van der Waals surface area contributed by atoms with Gasteiger partial charge >= 0.3 is 5.03 Å². The van der Waals surface area contributed by atoms with Crippen LogP contribution in [-0.4, -0.2) is 56.1 Å². The van der Waals surface area contributed by atoms with Crippen LogP contribution in [-0.2, 0) is 9.84 Å². The zero-order valence-corrected chi connectivity index (χ0v) is 20.4. The highest BCUT2D eigenvalue weighted by Crippen LogP contribution is 2.35. The molecular formula is C23H24N6O6S. The van der Waals surface area contributed by atoms with Gasteiger partial charge in [0.15, 0.2) is 11.5 Å². The first-order chi connectivity index (χ1) is 17.3. The summed E-state index contributed by atoms with van der Waals surface area (Å²) in [6.07, 6.45) is 0.574. The van der Waals surface area contributed by atoms with E-state index in [2.05, 4.69) is 19.8 Å². The minimum absolute atomic E-state index is 0.118. The van der Waals surface area contributed by atoms with Gasteiger partial charge < -0.3 is 25.3 Å². The van der Waals surface area contributed by atoms with Crippen LogP contribution in [0.1, 0.15) is 12.8 Å². The van der Waals surface area contributed by atoms with Gasteiger partial charge in [0.2, 0.25) is 21.5 Å². The van der Waals surface area contributed by atoms with Crippen LogP contribution < -0.4 is 25.0 Å². The molecule has 0 radical (unpaired) electrons. The van der Waals surface area contributed by atoms with Crippen molar-refractivity contribution in [3.8, 4) is 22.8 Å². The first-order valence-corrected chi connectivity index (χ1v) is 12.7. The maximum atomic E-state index is 13.4. The molecule has 1 aliphatic heterocycles. The van der Waals surface area contributed by atoms with E-state index in [0.29, 0.717) is 47.0 Å². The van der Waals surface area contributed by atoms with Crippen LogP contribution in [0.4, 0.5) is 11.8 Å². The fraction of sp³-hybridized carbons (Fsp3) is 0.304. The number of ether oxygens (including phenoxy) is 2. The third-order valence-corrected chi connectivity index (χ3v) is 8.44. The van der Waals surface area contributed by atoms with E-state index >= 15 is 0 Å². The zero-order chi connectivity index (χ0) is 25.4. The van der Waals surface area contributed by atoms with Crippen molar-refractivity contribution in [2.45, 2.75) is 23.1 Å². The Morgan fingerprint density at radius 3 is 2.42 bits per heavy atom. The van der Waals surface area contributed by atoms with Crippen LogP contribution in [0.25, 0.3) is 22.2 Å². The molecular weight excluding hydrogens is 488 g/mol. The molecule has 0 saturated carbocycles. The summed E-state index contributed by atoms with van der Waals surface area (Å²) in [4.78, 5) is 11.1. The van der Waals surface area contributed by atoms with Crippen LogP contribution in [0, 0.1) is 5.21 Å². The van der Waals surface area contributed by atoms with E-state index in [4.69, 9.17) is 15.2 Å². The summed E-state index contributed by atoms with van der Waals surface area (Å²) >= 11 is 0. The van der Waals surface area contributed by atoms with E-state index in [9.17, 15) is 13.6 Å². The number of nitrogens with zero attached hydrogens (tertiary/aromatic N) is 5. The second-order valence-corrected chi connectivity index (χ2v) is 10.5. The monoisotopic (exact) mass is 512 g/mol.